The van der Waals surface area contributed by atoms with Gasteiger partial charge in [0.15, 0.2) is 5.96 Å². The Hall–Kier alpha value is -0.790. The largest absolute Gasteiger partial charge is 0.370 e. The molecule has 1 saturated carbocycles. The molecule has 6 heteroatoms. The lowest BCUT2D eigenvalue weighted by Gasteiger charge is -2.23. The van der Waals surface area contributed by atoms with Gasteiger partial charge in [0.05, 0.1) is 12.2 Å². The van der Waals surface area contributed by atoms with Crippen molar-refractivity contribution in [3.63, 3.8) is 0 Å². The van der Waals surface area contributed by atoms with Crippen LogP contribution in [-0.4, -0.2) is 17.2 Å². The molecule has 19 heavy (non-hydrogen) atoms. The number of guanidine groups is 1. The van der Waals surface area contributed by atoms with Crippen molar-refractivity contribution in [3.05, 3.63) is 17.0 Å². The number of halogens is 1. The summed E-state index contributed by atoms with van der Waals surface area (Å²) in [5.74, 6) is 1.35. The van der Waals surface area contributed by atoms with Crippen molar-refractivity contribution in [2.75, 3.05) is 0 Å². The van der Waals surface area contributed by atoms with Gasteiger partial charge in [0.2, 0.25) is 0 Å². The van der Waals surface area contributed by atoms with Crippen molar-refractivity contribution < 1.29 is 4.52 Å². The van der Waals surface area contributed by atoms with E-state index in [-0.39, 0.29) is 24.0 Å². The third kappa shape index (κ3) is 4.67. The van der Waals surface area contributed by atoms with Gasteiger partial charge < -0.3 is 15.6 Å². The van der Waals surface area contributed by atoms with Gasteiger partial charge in [0.1, 0.15) is 5.76 Å². The third-order valence-corrected chi connectivity index (χ3v) is 3.55. The number of hydrogen-bond donors (Lipinski definition) is 2. The fraction of sp³-hybridized carbons (Fsp3) is 0.692. The van der Waals surface area contributed by atoms with Crippen molar-refractivity contribution in [1.82, 2.24) is 10.5 Å². The molecule has 0 atom stereocenters. The van der Waals surface area contributed by atoms with Gasteiger partial charge in [-0.05, 0) is 26.7 Å². The lowest BCUT2D eigenvalue weighted by Crippen LogP contribution is -2.41. The standard InChI is InChI=1S/C13H22N4O.HI/c1-9-12(10(2)18-17-9)8-15-13(14)16-11-6-4-3-5-7-11;/h11H,3-8H2,1-2H3,(H3,14,15,16);1H. The molecule has 1 heterocycles. The molecule has 0 radical (unpaired) electrons. The molecule has 1 aromatic heterocycles. The smallest absolute Gasteiger partial charge is 0.189 e. The van der Waals surface area contributed by atoms with Gasteiger partial charge in [-0.3, -0.25) is 0 Å². The molecular weight excluding hydrogens is 355 g/mol. The van der Waals surface area contributed by atoms with E-state index in [9.17, 15) is 0 Å². The molecule has 0 unspecified atom stereocenters. The van der Waals surface area contributed by atoms with E-state index in [1.165, 1.54) is 32.1 Å². The summed E-state index contributed by atoms with van der Waals surface area (Å²) in [4.78, 5) is 4.37. The Bertz CT molecular complexity index is 405. The molecule has 0 aromatic carbocycles. The van der Waals surface area contributed by atoms with E-state index in [1.54, 1.807) is 0 Å². The number of nitrogens with zero attached hydrogens (tertiary/aromatic N) is 2. The van der Waals surface area contributed by atoms with Crippen LogP contribution in [0.4, 0.5) is 0 Å². The van der Waals surface area contributed by atoms with Crippen molar-refractivity contribution in [3.8, 4) is 0 Å². The number of aliphatic imine (C=N–C) groups is 1. The zero-order valence-electron chi connectivity index (χ0n) is 11.6. The lowest BCUT2D eigenvalue weighted by molar-refractivity contribution is 0.392. The Balaban J connectivity index is 0.00000180. The molecule has 108 valence electrons. The van der Waals surface area contributed by atoms with E-state index in [2.05, 4.69) is 15.5 Å². The predicted molar refractivity (Wildman–Crippen MR) is 86.7 cm³/mol. The molecule has 0 saturated heterocycles. The van der Waals surface area contributed by atoms with Crippen LogP contribution in [0.5, 0.6) is 0 Å². The Morgan fingerprint density at radius 2 is 2.05 bits per heavy atom. The van der Waals surface area contributed by atoms with Gasteiger partial charge >= 0.3 is 0 Å². The van der Waals surface area contributed by atoms with Crippen LogP contribution in [0.25, 0.3) is 0 Å². The van der Waals surface area contributed by atoms with E-state index in [0.717, 1.165) is 17.0 Å². The topological polar surface area (TPSA) is 76.4 Å². The molecule has 2 rings (SSSR count). The maximum atomic E-state index is 5.91. The molecule has 5 nitrogen and oxygen atoms in total. The van der Waals surface area contributed by atoms with Crippen LogP contribution < -0.4 is 11.1 Å². The zero-order chi connectivity index (χ0) is 13.0. The molecule has 0 spiro atoms. The van der Waals surface area contributed by atoms with Gasteiger partial charge in [-0.2, -0.15) is 0 Å². The highest BCUT2D eigenvalue weighted by Crippen LogP contribution is 2.17. The van der Waals surface area contributed by atoms with Gasteiger partial charge in [-0.15, -0.1) is 24.0 Å². The number of rotatable bonds is 3. The normalized spacial score (nSPS) is 17.1. The summed E-state index contributed by atoms with van der Waals surface area (Å²) < 4.78 is 5.10. The maximum Gasteiger partial charge on any atom is 0.189 e. The molecule has 1 aliphatic rings. The van der Waals surface area contributed by atoms with E-state index >= 15 is 0 Å². The maximum absolute atomic E-state index is 5.91. The molecule has 0 aliphatic heterocycles. The minimum Gasteiger partial charge on any atom is -0.370 e. The predicted octanol–water partition coefficient (Wildman–Crippen LogP) is 2.65. The van der Waals surface area contributed by atoms with Crippen LogP contribution in [0.1, 0.15) is 49.1 Å². The van der Waals surface area contributed by atoms with E-state index in [0.29, 0.717) is 18.5 Å². The molecule has 0 bridgehead atoms. The fourth-order valence-corrected chi connectivity index (χ4v) is 2.39. The van der Waals surface area contributed by atoms with Gasteiger partial charge in [0, 0.05) is 11.6 Å². The SMILES string of the molecule is Cc1noc(C)c1CN=C(N)NC1CCCCC1.I. The van der Waals surface area contributed by atoms with Crippen LogP contribution in [-0.2, 0) is 6.54 Å². The minimum absolute atomic E-state index is 0. The van der Waals surface area contributed by atoms with Crippen LogP contribution in [0.2, 0.25) is 0 Å². The highest BCUT2D eigenvalue weighted by molar-refractivity contribution is 14.0. The van der Waals surface area contributed by atoms with Crippen molar-refractivity contribution in [2.24, 2.45) is 10.7 Å². The Kier molecular flexibility index (Phi) is 6.60. The summed E-state index contributed by atoms with van der Waals surface area (Å²) in [6.45, 7) is 4.36. The van der Waals surface area contributed by atoms with Crippen molar-refractivity contribution in [2.45, 2.75) is 58.5 Å². The van der Waals surface area contributed by atoms with Crippen molar-refractivity contribution >= 4 is 29.9 Å². The lowest BCUT2D eigenvalue weighted by atomic mass is 9.96. The van der Waals surface area contributed by atoms with Crippen molar-refractivity contribution in [1.29, 1.82) is 0 Å². The minimum atomic E-state index is 0. The van der Waals surface area contributed by atoms with Crippen LogP contribution in [0.3, 0.4) is 0 Å². The first-order valence-corrected chi connectivity index (χ1v) is 6.65. The number of nitrogens with two attached hydrogens (primary N) is 1. The summed E-state index contributed by atoms with van der Waals surface area (Å²) in [5.41, 5.74) is 7.83. The molecule has 1 aliphatic carbocycles. The highest BCUT2D eigenvalue weighted by Gasteiger charge is 2.13. The third-order valence-electron chi connectivity index (χ3n) is 3.55. The number of aryl methyl sites for hydroxylation is 2. The Labute approximate surface area is 131 Å². The van der Waals surface area contributed by atoms with E-state index in [4.69, 9.17) is 10.3 Å². The first-order valence-electron chi connectivity index (χ1n) is 6.65. The first-order chi connectivity index (χ1) is 8.66. The van der Waals surface area contributed by atoms with E-state index < -0.39 is 0 Å². The average molecular weight is 378 g/mol. The summed E-state index contributed by atoms with van der Waals surface area (Å²) in [6.07, 6.45) is 6.31. The summed E-state index contributed by atoms with van der Waals surface area (Å²) in [5, 5.41) is 7.20. The van der Waals surface area contributed by atoms with E-state index in [1.807, 2.05) is 13.8 Å². The summed E-state index contributed by atoms with van der Waals surface area (Å²) >= 11 is 0. The van der Waals surface area contributed by atoms with Gasteiger partial charge in [0.25, 0.3) is 0 Å². The first kappa shape index (κ1) is 16.3. The highest BCUT2D eigenvalue weighted by atomic mass is 127. The molecule has 1 aromatic rings. The molecule has 3 N–H and O–H groups in total. The zero-order valence-corrected chi connectivity index (χ0v) is 13.9. The second-order valence-electron chi connectivity index (χ2n) is 4.98. The second kappa shape index (κ2) is 7.72. The van der Waals surface area contributed by atoms with Crippen LogP contribution in [0.15, 0.2) is 9.52 Å². The monoisotopic (exact) mass is 378 g/mol. The number of hydrogen-bond acceptors (Lipinski definition) is 3. The Morgan fingerprint density at radius 3 is 2.63 bits per heavy atom. The molecule has 1 fully saturated rings. The number of nitrogens with one attached hydrogen (secondary N) is 1. The molecular formula is C13H23IN4O. The van der Waals surface area contributed by atoms with Gasteiger partial charge in [-0.25, -0.2) is 4.99 Å². The summed E-state index contributed by atoms with van der Waals surface area (Å²) in [7, 11) is 0. The number of aromatic nitrogens is 1. The van der Waals surface area contributed by atoms with Gasteiger partial charge in [-0.1, -0.05) is 24.4 Å². The Morgan fingerprint density at radius 1 is 1.37 bits per heavy atom. The van der Waals surface area contributed by atoms with Crippen LogP contribution in [0, 0.1) is 13.8 Å². The summed E-state index contributed by atoms with van der Waals surface area (Å²) in [6, 6.07) is 0.493. The average Bonchev–Trinajstić information content (AvgIpc) is 2.68. The van der Waals surface area contributed by atoms with Crippen LogP contribution >= 0.6 is 24.0 Å². The second-order valence-corrected chi connectivity index (χ2v) is 4.98. The molecule has 0 amide bonds. The fourth-order valence-electron chi connectivity index (χ4n) is 2.39. The quantitative estimate of drug-likeness (QED) is 0.482.